The number of carbonyl (C=O) groups excluding carboxylic acids is 1. The van der Waals surface area contributed by atoms with E-state index < -0.39 is 0 Å². The Balaban J connectivity index is 1.71. The number of anilines is 1. The maximum atomic E-state index is 13.6. The number of hydrogen-bond donors (Lipinski definition) is 3. The van der Waals surface area contributed by atoms with E-state index >= 15 is 0 Å². The lowest BCUT2D eigenvalue weighted by Gasteiger charge is -2.37. The summed E-state index contributed by atoms with van der Waals surface area (Å²) in [4.78, 5) is 20.4. The van der Waals surface area contributed by atoms with Gasteiger partial charge in [-0.3, -0.25) is 9.78 Å². The van der Waals surface area contributed by atoms with Crippen molar-refractivity contribution in [3.05, 3.63) is 82.5 Å². The summed E-state index contributed by atoms with van der Waals surface area (Å²) < 4.78 is 5.61. The highest BCUT2D eigenvalue weighted by Gasteiger charge is 2.25. The second kappa shape index (κ2) is 11.8. The molecule has 0 radical (unpaired) electrons. The van der Waals surface area contributed by atoms with Gasteiger partial charge in [0.1, 0.15) is 0 Å². The molecule has 7 heteroatoms. The third-order valence-electron chi connectivity index (χ3n) is 7.27. The molecule has 2 aliphatic rings. The van der Waals surface area contributed by atoms with Crippen LogP contribution in [0.3, 0.4) is 0 Å². The van der Waals surface area contributed by atoms with Crippen molar-refractivity contribution in [3.63, 3.8) is 0 Å². The molecule has 0 atom stereocenters. The number of aliphatic hydroxyl groups excluding tert-OH is 1. The molecule has 1 aromatic carbocycles. The molecular weight excluding hydrogens is 464 g/mol. The smallest absolute Gasteiger partial charge is 0.251 e. The standard InChI is InChI=1S/C30H38N4O3/c1-6-34(26-9-11-37-12-10-26)29-15-24(23-7-8-25(18-35)31-16-23)14-27(21(29)4)30(36)32-17-28-19(2)13-20(3)33-22(28)5/h7-8,13-16,26,33,35H,5-6,9-12,17-18H2,1-4H3,(H,32,36). The number of dihydropyridines is 1. The van der Waals surface area contributed by atoms with E-state index in [4.69, 9.17) is 4.74 Å². The molecule has 3 heterocycles. The van der Waals surface area contributed by atoms with Gasteiger partial charge in [-0.05, 0) is 87.1 Å². The molecule has 0 bridgehead atoms. The van der Waals surface area contributed by atoms with Gasteiger partial charge in [0.2, 0.25) is 0 Å². The van der Waals surface area contributed by atoms with E-state index in [1.165, 1.54) is 0 Å². The minimum absolute atomic E-state index is 0.107. The van der Waals surface area contributed by atoms with Crippen molar-refractivity contribution in [1.29, 1.82) is 0 Å². The molecule has 1 saturated heterocycles. The lowest BCUT2D eigenvalue weighted by molar-refractivity contribution is 0.0846. The van der Waals surface area contributed by atoms with E-state index in [-0.39, 0.29) is 12.5 Å². The highest BCUT2D eigenvalue weighted by atomic mass is 16.5. The molecule has 7 nitrogen and oxygen atoms in total. The molecule has 37 heavy (non-hydrogen) atoms. The quantitative estimate of drug-likeness (QED) is 0.488. The van der Waals surface area contributed by atoms with Gasteiger partial charge in [0.25, 0.3) is 5.91 Å². The number of carbonyl (C=O) groups is 1. The first-order chi connectivity index (χ1) is 17.8. The first-order valence-corrected chi connectivity index (χ1v) is 13.0. The maximum absolute atomic E-state index is 13.6. The molecule has 2 aromatic rings. The fourth-order valence-electron chi connectivity index (χ4n) is 5.22. The summed E-state index contributed by atoms with van der Waals surface area (Å²) in [5, 5.41) is 15.8. The summed E-state index contributed by atoms with van der Waals surface area (Å²) in [7, 11) is 0. The Morgan fingerprint density at radius 3 is 2.59 bits per heavy atom. The summed E-state index contributed by atoms with van der Waals surface area (Å²) in [6.07, 6.45) is 5.74. The molecule has 1 amide bonds. The number of pyridine rings is 1. The second-order valence-corrected chi connectivity index (χ2v) is 9.77. The van der Waals surface area contributed by atoms with Crippen molar-refractivity contribution in [2.24, 2.45) is 0 Å². The van der Waals surface area contributed by atoms with E-state index in [1.54, 1.807) is 6.20 Å². The molecule has 3 N–H and O–H groups in total. The number of nitrogens with one attached hydrogen (secondary N) is 2. The minimum atomic E-state index is -0.122. The van der Waals surface area contributed by atoms with Gasteiger partial charge in [-0.2, -0.15) is 0 Å². The maximum Gasteiger partial charge on any atom is 0.251 e. The van der Waals surface area contributed by atoms with Crippen LogP contribution >= 0.6 is 0 Å². The zero-order chi connectivity index (χ0) is 26.5. The Kier molecular flexibility index (Phi) is 8.46. The molecule has 0 aliphatic carbocycles. The third-order valence-corrected chi connectivity index (χ3v) is 7.27. The molecule has 196 valence electrons. The average Bonchev–Trinajstić information content (AvgIpc) is 2.90. The lowest BCUT2D eigenvalue weighted by Crippen LogP contribution is -2.40. The molecule has 0 spiro atoms. The summed E-state index contributed by atoms with van der Waals surface area (Å²) in [5.74, 6) is -0.122. The van der Waals surface area contributed by atoms with Crippen molar-refractivity contribution in [2.45, 2.75) is 53.2 Å². The molecule has 0 unspecified atom stereocenters. The lowest BCUT2D eigenvalue weighted by atomic mass is 9.95. The fourth-order valence-corrected chi connectivity index (χ4v) is 5.22. The highest BCUT2D eigenvalue weighted by Crippen LogP contribution is 2.34. The molecular formula is C30H38N4O3. The number of rotatable bonds is 8. The van der Waals surface area contributed by atoms with E-state index in [2.05, 4.69) is 46.2 Å². The predicted molar refractivity (Wildman–Crippen MR) is 148 cm³/mol. The summed E-state index contributed by atoms with van der Waals surface area (Å²) in [5.41, 5.74) is 9.04. The molecule has 0 saturated carbocycles. The number of hydrogen-bond acceptors (Lipinski definition) is 6. The Morgan fingerprint density at radius 1 is 1.22 bits per heavy atom. The predicted octanol–water partition coefficient (Wildman–Crippen LogP) is 4.62. The van der Waals surface area contributed by atoms with Crippen LogP contribution in [0.2, 0.25) is 0 Å². The number of benzene rings is 1. The Hall–Kier alpha value is -3.42. The molecule has 1 aromatic heterocycles. The van der Waals surface area contributed by atoms with Crippen molar-refractivity contribution >= 4 is 11.6 Å². The zero-order valence-corrected chi connectivity index (χ0v) is 22.4. The molecule has 1 fully saturated rings. The van der Waals surface area contributed by atoms with Crippen LogP contribution in [0, 0.1) is 6.92 Å². The van der Waals surface area contributed by atoms with Crippen LogP contribution in [0.1, 0.15) is 55.2 Å². The van der Waals surface area contributed by atoms with E-state index in [1.807, 2.05) is 39.0 Å². The summed E-state index contributed by atoms with van der Waals surface area (Å²) in [6.45, 7) is 15.0. The van der Waals surface area contributed by atoms with Gasteiger partial charge in [0, 0.05) is 66.8 Å². The SMILES string of the molecule is C=C1NC(C)=CC(C)=C1CNC(=O)c1cc(-c2ccc(CO)nc2)cc(N(CC)C2CCOCC2)c1C. The molecule has 2 aliphatic heterocycles. The van der Waals surface area contributed by atoms with Crippen molar-refractivity contribution in [2.75, 3.05) is 31.2 Å². The van der Waals surface area contributed by atoms with Crippen LogP contribution in [0.5, 0.6) is 0 Å². The number of aromatic nitrogens is 1. The number of aliphatic hydroxyl groups is 1. The highest BCUT2D eigenvalue weighted by molar-refractivity contribution is 5.99. The van der Waals surface area contributed by atoms with Crippen LogP contribution in [0.4, 0.5) is 5.69 Å². The van der Waals surface area contributed by atoms with Crippen LogP contribution in [0.25, 0.3) is 11.1 Å². The number of nitrogens with zero attached hydrogens (tertiary/aromatic N) is 2. The van der Waals surface area contributed by atoms with Gasteiger partial charge in [0.15, 0.2) is 0 Å². The average molecular weight is 503 g/mol. The van der Waals surface area contributed by atoms with Gasteiger partial charge < -0.3 is 25.4 Å². The zero-order valence-electron chi connectivity index (χ0n) is 22.4. The number of ether oxygens (including phenoxy) is 1. The Bertz CT molecular complexity index is 1220. The van der Waals surface area contributed by atoms with Gasteiger partial charge in [0.05, 0.1) is 12.3 Å². The second-order valence-electron chi connectivity index (χ2n) is 9.77. The van der Waals surface area contributed by atoms with E-state index in [0.29, 0.717) is 23.8 Å². The first kappa shape index (κ1) is 26.6. The van der Waals surface area contributed by atoms with Crippen LogP contribution < -0.4 is 15.5 Å². The monoisotopic (exact) mass is 502 g/mol. The first-order valence-electron chi connectivity index (χ1n) is 13.0. The van der Waals surface area contributed by atoms with Gasteiger partial charge in [-0.15, -0.1) is 0 Å². The van der Waals surface area contributed by atoms with E-state index in [9.17, 15) is 9.90 Å². The van der Waals surface area contributed by atoms with Gasteiger partial charge in [-0.1, -0.05) is 12.6 Å². The van der Waals surface area contributed by atoms with Gasteiger partial charge in [-0.25, -0.2) is 0 Å². The van der Waals surface area contributed by atoms with Crippen molar-refractivity contribution in [1.82, 2.24) is 15.6 Å². The van der Waals surface area contributed by atoms with Crippen LogP contribution in [0.15, 0.2) is 65.7 Å². The molecule has 4 rings (SSSR count). The Labute approximate surface area is 219 Å². The Morgan fingerprint density at radius 2 is 1.97 bits per heavy atom. The topological polar surface area (TPSA) is 86.7 Å². The number of amides is 1. The van der Waals surface area contributed by atoms with Crippen molar-refractivity contribution < 1.29 is 14.6 Å². The van der Waals surface area contributed by atoms with Crippen LogP contribution in [-0.4, -0.2) is 48.3 Å². The number of allylic oxidation sites excluding steroid dienone is 3. The van der Waals surface area contributed by atoms with E-state index in [0.717, 1.165) is 77.5 Å². The largest absolute Gasteiger partial charge is 0.390 e. The summed E-state index contributed by atoms with van der Waals surface area (Å²) in [6, 6.07) is 8.23. The summed E-state index contributed by atoms with van der Waals surface area (Å²) >= 11 is 0. The normalized spacial score (nSPS) is 16.4. The van der Waals surface area contributed by atoms with Crippen LogP contribution in [-0.2, 0) is 11.3 Å². The van der Waals surface area contributed by atoms with Crippen molar-refractivity contribution in [3.8, 4) is 11.1 Å². The minimum Gasteiger partial charge on any atom is -0.390 e. The third kappa shape index (κ3) is 5.95. The fraction of sp³-hybridized carbons (Fsp3) is 0.400. The van der Waals surface area contributed by atoms with Gasteiger partial charge >= 0.3 is 0 Å².